The highest BCUT2D eigenvalue weighted by molar-refractivity contribution is 7.16. The van der Waals surface area contributed by atoms with Crippen LogP contribution in [0, 0.1) is 18.3 Å². The molecule has 1 aliphatic carbocycles. The number of nitrogens with zero attached hydrogens (tertiary/aromatic N) is 4. The van der Waals surface area contributed by atoms with Crippen molar-refractivity contribution in [3.63, 3.8) is 0 Å². The summed E-state index contributed by atoms with van der Waals surface area (Å²) in [5, 5.41) is 15.8. The standard InChI is InChI=1S/C45H46N6O9S/c1-25-38(29-9-12-34-28(23-29)15-19-49(34)40(55)27-7-8-27)48-43(61-25)51(44(58)59)37(53)22-26-5-4-6-31(21-26)60-20-17-45(2,3)16-18-46-30-10-11-32-33(24-30)42(57)50(41(32)56)35-13-14-36(52)47-39(35)54/h4-6,9-12,21,23-24,27,35,46H,7-8,13-20,22H2,1-3H3,(H,58,59)(H,47,52,54). The maximum Gasteiger partial charge on any atom is 0.420 e. The van der Waals surface area contributed by atoms with Crippen LogP contribution in [0.1, 0.15) is 89.1 Å². The van der Waals surface area contributed by atoms with Gasteiger partial charge in [-0.25, -0.2) is 9.78 Å². The minimum absolute atomic E-state index is 0.0534. The van der Waals surface area contributed by atoms with Crippen LogP contribution in [0.2, 0.25) is 0 Å². The van der Waals surface area contributed by atoms with Crippen molar-refractivity contribution in [3.8, 4) is 17.0 Å². The first-order valence-electron chi connectivity index (χ1n) is 20.5. The van der Waals surface area contributed by atoms with E-state index in [-0.39, 0.29) is 52.8 Å². The minimum atomic E-state index is -1.42. The molecular formula is C45H46N6O9S. The predicted octanol–water partition coefficient (Wildman–Crippen LogP) is 6.37. The second-order valence-corrected chi connectivity index (χ2v) is 17.9. The van der Waals surface area contributed by atoms with Crippen LogP contribution in [-0.4, -0.2) is 82.3 Å². The molecular weight excluding hydrogens is 801 g/mol. The van der Waals surface area contributed by atoms with Gasteiger partial charge in [0, 0.05) is 47.2 Å². The Morgan fingerprint density at radius 2 is 1.75 bits per heavy atom. The van der Waals surface area contributed by atoms with Crippen molar-refractivity contribution in [1.29, 1.82) is 0 Å². The lowest BCUT2D eigenvalue weighted by atomic mass is 9.86. The van der Waals surface area contributed by atoms with E-state index in [1.54, 1.807) is 42.5 Å². The molecule has 15 nitrogen and oxygen atoms in total. The second kappa shape index (κ2) is 16.6. The Labute approximate surface area is 356 Å². The lowest BCUT2D eigenvalue weighted by Crippen LogP contribution is -2.54. The van der Waals surface area contributed by atoms with Crippen molar-refractivity contribution < 1.29 is 43.4 Å². The molecule has 61 heavy (non-hydrogen) atoms. The third-order valence-electron chi connectivity index (χ3n) is 11.7. The van der Waals surface area contributed by atoms with Crippen molar-refractivity contribution >= 4 is 69.4 Å². The Balaban J connectivity index is 0.830. The Bertz CT molecular complexity index is 2490. The largest absolute Gasteiger partial charge is 0.494 e. The number of thiazole rings is 1. The molecule has 1 unspecified atom stereocenters. The van der Waals surface area contributed by atoms with Gasteiger partial charge in [0.2, 0.25) is 28.8 Å². The zero-order valence-electron chi connectivity index (χ0n) is 34.1. The van der Waals surface area contributed by atoms with E-state index >= 15 is 0 Å². The van der Waals surface area contributed by atoms with Gasteiger partial charge in [0.25, 0.3) is 11.8 Å². The molecule has 7 amide bonds. The Kier molecular flexibility index (Phi) is 11.2. The van der Waals surface area contributed by atoms with Gasteiger partial charge in [0.1, 0.15) is 11.8 Å². The maximum absolute atomic E-state index is 13.5. The molecule has 4 aliphatic rings. The van der Waals surface area contributed by atoms with Gasteiger partial charge in [0.15, 0.2) is 0 Å². The quantitative estimate of drug-likeness (QED) is 0.119. The number of hydrogen-bond donors (Lipinski definition) is 3. The number of carbonyl (C=O) groups is 7. The van der Waals surface area contributed by atoms with E-state index in [9.17, 15) is 38.7 Å². The number of piperidine rings is 1. The number of aromatic nitrogens is 1. The molecule has 1 saturated carbocycles. The number of aryl methyl sites for hydroxylation is 1. The number of imide groups is 3. The first-order valence-corrected chi connectivity index (χ1v) is 21.3. The number of rotatable bonds is 14. The molecule has 2 fully saturated rings. The van der Waals surface area contributed by atoms with Crippen molar-refractivity contribution in [2.75, 3.05) is 34.8 Å². The molecule has 4 aromatic rings. The summed E-state index contributed by atoms with van der Waals surface area (Å²) in [7, 11) is 0. The molecule has 1 atom stereocenters. The summed E-state index contributed by atoms with van der Waals surface area (Å²) in [4.78, 5) is 97.9. The Hall–Kier alpha value is -6.42. The van der Waals surface area contributed by atoms with Gasteiger partial charge in [0.05, 0.1) is 29.8 Å². The summed E-state index contributed by atoms with van der Waals surface area (Å²) in [5.74, 6) is -1.98. The van der Waals surface area contributed by atoms with E-state index in [0.717, 1.165) is 63.6 Å². The molecule has 0 radical (unpaired) electrons. The second-order valence-electron chi connectivity index (χ2n) is 16.7. The van der Waals surface area contributed by atoms with Crippen LogP contribution in [0.3, 0.4) is 0 Å². The normalized spacial score (nSPS) is 17.3. The van der Waals surface area contributed by atoms with Crippen LogP contribution < -0.4 is 25.2 Å². The highest BCUT2D eigenvalue weighted by Gasteiger charge is 2.45. The Morgan fingerprint density at radius 1 is 0.967 bits per heavy atom. The Morgan fingerprint density at radius 3 is 2.51 bits per heavy atom. The van der Waals surface area contributed by atoms with E-state index in [1.165, 1.54) is 0 Å². The smallest absolute Gasteiger partial charge is 0.420 e. The maximum atomic E-state index is 13.5. The average molecular weight is 847 g/mol. The van der Waals surface area contributed by atoms with Crippen LogP contribution in [0.5, 0.6) is 5.75 Å². The van der Waals surface area contributed by atoms with E-state index in [2.05, 4.69) is 29.5 Å². The fraction of sp³-hybridized carbons (Fsp3) is 0.378. The monoisotopic (exact) mass is 846 g/mol. The first-order chi connectivity index (χ1) is 29.2. The van der Waals surface area contributed by atoms with Crippen LogP contribution in [0.15, 0.2) is 60.7 Å². The topological polar surface area (TPSA) is 196 Å². The summed E-state index contributed by atoms with van der Waals surface area (Å²) >= 11 is 1.14. The molecule has 0 bridgehead atoms. The highest BCUT2D eigenvalue weighted by atomic mass is 32.1. The fourth-order valence-corrected chi connectivity index (χ4v) is 9.01. The van der Waals surface area contributed by atoms with E-state index in [0.29, 0.717) is 53.7 Å². The SMILES string of the molecule is Cc1sc(N(C(=O)O)C(=O)Cc2cccc(OCCC(C)(C)CCNc3ccc4c(c3)C(=O)N(C3CCC(=O)NC3=O)C4=O)c2)nc1-c1ccc2c(c1)CCN2C(=O)C1CC1. The molecule has 3 aromatic carbocycles. The fourth-order valence-electron chi connectivity index (χ4n) is 8.07. The molecule has 3 aliphatic heterocycles. The number of fused-ring (bicyclic) bond motifs is 2. The van der Waals surface area contributed by atoms with Gasteiger partial charge in [-0.05, 0) is 104 Å². The minimum Gasteiger partial charge on any atom is -0.494 e. The molecule has 8 rings (SSSR count). The number of nitrogens with one attached hydrogen (secondary N) is 2. The number of anilines is 3. The third kappa shape index (κ3) is 8.62. The van der Waals surface area contributed by atoms with Crippen LogP contribution in [0.4, 0.5) is 21.3 Å². The highest BCUT2D eigenvalue weighted by Crippen LogP contribution is 2.40. The third-order valence-corrected chi connectivity index (χ3v) is 12.7. The first kappa shape index (κ1) is 41.3. The average Bonchev–Trinajstić information content (AvgIpc) is 3.81. The zero-order valence-corrected chi connectivity index (χ0v) is 34.9. The van der Waals surface area contributed by atoms with Gasteiger partial charge in [-0.15, -0.1) is 11.3 Å². The zero-order chi connectivity index (χ0) is 43.2. The van der Waals surface area contributed by atoms with Crippen molar-refractivity contribution in [2.45, 2.75) is 78.2 Å². The van der Waals surface area contributed by atoms with Crippen LogP contribution in [0.25, 0.3) is 11.3 Å². The van der Waals surface area contributed by atoms with Gasteiger partial charge in [-0.2, -0.15) is 4.90 Å². The van der Waals surface area contributed by atoms with Gasteiger partial charge in [-0.3, -0.25) is 39.0 Å². The summed E-state index contributed by atoms with van der Waals surface area (Å²) in [6, 6.07) is 16.7. The lowest BCUT2D eigenvalue weighted by molar-refractivity contribution is -0.136. The molecule has 0 spiro atoms. The predicted molar refractivity (Wildman–Crippen MR) is 227 cm³/mol. The number of ether oxygens (including phenoxy) is 1. The van der Waals surface area contributed by atoms with Crippen molar-refractivity contribution in [1.82, 2.24) is 15.2 Å². The number of carbonyl (C=O) groups excluding carboxylic acids is 6. The summed E-state index contributed by atoms with van der Waals surface area (Å²) < 4.78 is 6.09. The number of amides is 7. The van der Waals surface area contributed by atoms with Crippen LogP contribution >= 0.6 is 11.3 Å². The van der Waals surface area contributed by atoms with Crippen molar-refractivity contribution in [2.24, 2.45) is 11.3 Å². The van der Waals surface area contributed by atoms with E-state index in [4.69, 9.17) is 4.74 Å². The lowest BCUT2D eigenvalue weighted by Gasteiger charge is -2.27. The van der Waals surface area contributed by atoms with E-state index in [1.807, 2.05) is 30.0 Å². The van der Waals surface area contributed by atoms with E-state index < -0.39 is 41.7 Å². The van der Waals surface area contributed by atoms with Crippen LogP contribution in [-0.2, 0) is 32.0 Å². The molecule has 16 heteroatoms. The molecule has 4 heterocycles. The summed E-state index contributed by atoms with van der Waals surface area (Å²) in [5.41, 5.74) is 4.87. The molecule has 1 saturated heterocycles. The molecule has 1 aromatic heterocycles. The van der Waals surface area contributed by atoms with Gasteiger partial charge >= 0.3 is 6.09 Å². The number of hydrogen-bond acceptors (Lipinski definition) is 11. The molecule has 3 N–H and O–H groups in total. The van der Waals surface area contributed by atoms with Gasteiger partial charge in [-0.1, -0.05) is 32.0 Å². The van der Waals surface area contributed by atoms with Gasteiger partial charge < -0.3 is 20.1 Å². The number of benzene rings is 3. The molecule has 316 valence electrons. The number of carboxylic acid groups (broad SMARTS) is 1. The summed E-state index contributed by atoms with van der Waals surface area (Å²) in [6.07, 6.45) is 2.59. The van der Waals surface area contributed by atoms with Crippen molar-refractivity contribution in [3.05, 3.63) is 87.8 Å². The summed E-state index contributed by atoms with van der Waals surface area (Å²) in [6.45, 7) is 7.66.